The molecule has 2 unspecified atom stereocenters. The number of carbonyl (C=O) groups excluding carboxylic acids is 1. The lowest BCUT2D eigenvalue weighted by atomic mass is 9.90. The maximum Gasteiger partial charge on any atom is 0.241 e. The number of hydrogen-bond donors (Lipinski definition) is 0. The SMILES string of the molecule is CC(C)C(Br)C(=O)N1C=Cc2ccccc2C1c1cn(CCCN2CCN(C)CC2)c2ccccc12. The number of alkyl halides is 1. The maximum atomic E-state index is 13.7. The molecule has 2 atom stereocenters. The number of para-hydroxylation sites is 1. The van der Waals surface area contributed by atoms with Gasteiger partial charge in [0, 0.05) is 61.6 Å². The minimum atomic E-state index is -0.230. The van der Waals surface area contributed by atoms with E-state index >= 15 is 0 Å². The third kappa shape index (κ3) is 5.04. The summed E-state index contributed by atoms with van der Waals surface area (Å²) in [6.07, 6.45) is 7.46. The second-order valence-corrected chi connectivity index (χ2v) is 11.5. The molecule has 5 nitrogen and oxygen atoms in total. The molecule has 2 aromatic carbocycles. The Morgan fingerprint density at radius 1 is 0.972 bits per heavy atom. The van der Waals surface area contributed by atoms with Crippen LogP contribution in [0.25, 0.3) is 17.0 Å². The average molecular weight is 550 g/mol. The van der Waals surface area contributed by atoms with Crippen LogP contribution < -0.4 is 0 Å². The van der Waals surface area contributed by atoms with Crippen LogP contribution in [-0.2, 0) is 11.3 Å². The zero-order valence-electron chi connectivity index (χ0n) is 21.6. The van der Waals surface area contributed by atoms with E-state index in [1.165, 1.54) is 27.6 Å². The lowest BCUT2D eigenvalue weighted by Crippen LogP contribution is -2.44. The summed E-state index contributed by atoms with van der Waals surface area (Å²) in [6.45, 7) is 10.9. The Morgan fingerprint density at radius 2 is 1.69 bits per heavy atom. The van der Waals surface area contributed by atoms with Crippen LogP contribution in [0, 0.1) is 5.92 Å². The van der Waals surface area contributed by atoms with E-state index in [1.54, 1.807) is 0 Å². The molecule has 0 spiro atoms. The van der Waals surface area contributed by atoms with Gasteiger partial charge in [-0.2, -0.15) is 0 Å². The van der Waals surface area contributed by atoms with Gasteiger partial charge >= 0.3 is 0 Å². The molecule has 1 amide bonds. The summed E-state index contributed by atoms with van der Waals surface area (Å²) in [6, 6.07) is 17.0. The molecule has 3 aromatic rings. The second kappa shape index (κ2) is 10.9. The van der Waals surface area contributed by atoms with Gasteiger partial charge in [-0.25, -0.2) is 0 Å². The van der Waals surface area contributed by atoms with Crippen molar-refractivity contribution in [1.29, 1.82) is 0 Å². The van der Waals surface area contributed by atoms with Crippen LogP contribution in [0.4, 0.5) is 0 Å². The van der Waals surface area contributed by atoms with Crippen LogP contribution in [0.3, 0.4) is 0 Å². The standard InChI is InChI=1S/C30H37BrN4O/c1-22(2)28(31)30(36)35-16-13-23-9-4-5-10-24(23)29(35)26-21-34(27-12-7-6-11-25(26)27)15-8-14-33-19-17-32(3)18-20-33/h4-7,9-13,16,21-22,28-29H,8,14-15,17-20H2,1-3H3. The van der Waals surface area contributed by atoms with Crippen molar-refractivity contribution in [2.24, 2.45) is 5.92 Å². The van der Waals surface area contributed by atoms with Crippen molar-refractivity contribution in [2.45, 2.75) is 37.7 Å². The summed E-state index contributed by atoms with van der Waals surface area (Å²) >= 11 is 3.68. The third-order valence-electron chi connectivity index (χ3n) is 7.64. The molecule has 5 rings (SSSR count). The Morgan fingerprint density at radius 3 is 2.47 bits per heavy atom. The Bertz CT molecular complexity index is 1240. The second-order valence-electron chi connectivity index (χ2n) is 10.5. The Labute approximate surface area is 223 Å². The molecule has 1 saturated heterocycles. The van der Waals surface area contributed by atoms with Gasteiger partial charge in [-0.1, -0.05) is 72.2 Å². The molecular weight excluding hydrogens is 512 g/mol. The van der Waals surface area contributed by atoms with Gasteiger partial charge in [-0.15, -0.1) is 0 Å². The molecule has 0 saturated carbocycles. The molecule has 0 bridgehead atoms. The van der Waals surface area contributed by atoms with Crippen molar-refractivity contribution in [3.8, 4) is 0 Å². The van der Waals surface area contributed by atoms with Gasteiger partial charge in [-0.05, 0) is 49.2 Å². The zero-order chi connectivity index (χ0) is 25.2. The summed E-state index contributed by atoms with van der Waals surface area (Å²) in [5, 5.41) is 1.22. The minimum Gasteiger partial charge on any atom is -0.347 e. The van der Waals surface area contributed by atoms with Crippen molar-refractivity contribution >= 4 is 38.8 Å². The average Bonchev–Trinajstić information content (AvgIpc) is 3.26. The molecular formula is C30H37BrN4O. The topological polar surface area (TPSA) is 31.7 Å². The highest BCUT2D eigenvalue weighted by atomic mass is 79.9. The Hall–Kier alpha value is -2.41. The molecule has 0 N–H and O–H groups in total. The number of benzene rings is 2. The van der Waals surface area contributed by atoms with E-state index < -0.39 is 0 Å². The van der Waals surface area contributed by atoms with Gasteiger partial charge in [0.15, 0.2) is 0 Å². The summed E-state index contributed by atoms with van der Waals surface area (Å²) in [5.74, 6) is 0.312. The van der Waals surface area contributed by atoms with E-state index in [9.17, 15) is 4.79 Å². The first-order valence-electron chi connectivity index (χ1n) is 13.2. The van der Waals surface area contributed by atoms with Crippen molar-refractivity contribution in [3.63, 3.8) is 0 Å². The Kier molecular flexibility index (Phi) is 7.65. The van der Waals surface area contributed by atoms with Gasteiger partial charge in [0.25, 0.3) is 0 Å². The third-order valence-corrected chi connectivity index (χ3v) is 9.09. The number of hydrogen-bond acceptors (Lipinski definition) is 3. The Balaban J connectivity index is 1.48. The van der Waals surface area contributed by atoms with Crippen molar-refractivity contribution in [1.82, 2.24) is 19.3 Å². The van der Waals surface area contributed by atoms with E-state index in [1.807, 2.05) is 11.1 Å². The number of piperazine rings is 1. The van der Waals surface area contributed by atoms with E-state index in [0.29, 0.717) is 0 Å². The summed E-state index contributed by atoms with van der Waals surface area (Å²) in [7, 11) is 2.20. The zero-order valence-corrected chi connectivity index (χ0v) is 23.2. The fraction of sp³-hybridized carbons (Fsp3) is 0.433. The van der Waals surface area contributed by atoms with E-state index in [0.717, 1.165) is 45.7 Å². The van der Waals surface area contributed by atoms with Gasteiger partial charge in [0.05, 0.1) is 10.9 Å². The molecule has 3 heterocycles. The van der Waals surface area contributed by atoms with Crippen molar-refractivity contribution in [2.75, 3.05) is 39.8 Å². The number of amides is 1. The molecule has 2 aliphatic rings. The largest absolute Gasteiger partial charge is 0.347 e. The van der Waals surface area contributed by atoms with Crippen LogP contribution in [0.15, 0.2) is 60.9 Å². The molecule has 0 aliphatic carbocycles. The highest BCUT2D eigenvalue weighted by Crippen LogP contribution is 2.40. The number of fused-ring (bicyclic) bond motifs is 2. The van der Waals surface area contributed by atoms with E-state index in [2.05, 4.69) is 112 Å². The van der Waals surface area contributed by atoms with Crippen LogP contribution in [-0.4, -0.2) is 69.8 Å². The van der Waals surface area contributed by atoms with Crippen LogP contribution >= 0.6 is 15.9 Å². The molecule has 0 radical (unpaired) electrons. The number of carbonyl (C=O) groups is 1. The fourth-order valence-electron chi connectivity index (χ4n) is 5.47. The smallest absolute Gasteiger partial charge is 0.241 e. The highest BCUT2D eigenvalue weighted by molar-refractivity contribution is 9.10. The van der Waals surface area contributed by atoms with Crippen LogP contribution in [0.2, 0.25) is 0 Å². The molecule has 6 heteroatoms. The summed E-state index contributed by atoms with van der Waals surface area (Å²) < 4.78 is 2.40. The number of halogens is 1. The molecule has 2 aliphatic heterocycles. The predicted octanol–water partition coefficient (Wildman–Crippen LogP) is 5.60. The molecule has 190 valence electrons. The van der Waals surface area contributed by atoms with E-state index in [4.69, 9.17) is 0 Å². The first-order valence-corrected chi connectivity index (χ1v) is 14.1. The normalized spacial score (nSPS) is 19.7. The number of rotatable bonds is 7. The van der Waals surface area contributed by atoms with Crippen molar-refractivity contribution < 1.29 is 4.79 Å². The van der Waals surface area contributed by atoms with Gasteiger partial charge in [0.1, 0.15) is 0 Å². The lowest BCUT2D eigenvalue weighted by Gasteiger charge is -2.35. The summed E-state index contributed by atoms with van der Waals surface area (Å²) in [5.41, 5.74) is 4.79. The number of aromatic nitrogens is 1. The van der Waals surface area contributed by atoms with Gasteiger partial charge in [0.2, 0.25) is 5.91 Å². The lowest BCUT2D eigenvalue weighted by molar-refractivity contribution is -0.130. The first kappa shape index (κ1) is 25.2. The van der Waals surface area contributed by atoms with Crippen LogP contribution in [0.1, 0.15) is 43.0 Å². The summed E-state index contributed by atoms with van der Waals surface area (Å²) in [4.78, 5) is 20.4. The number of nitrogens with zero attached hydrogens (tertiary/aromatic N) is 4. The minimum absolute atomic E-state index is 0.104. The molecule has 1 aromatic heterocycles. The van der Waals surface area contributed by atoms with Gasteiger partial charge < -0.3 is 19.3 Å². The fourth-order valence-corrected chi connectivity index (χ4v) is 5.70. The van der Waals surface area contributed by atoms with Crippen LogP contribution in [0.5, 0.6) is 0 Å². The highest BCUT2D eigenvalue weighted by Gasteiger charge is 2.35. The number of aryl methyl sites for hydroxylation is 1. The molecule has 36 heavy (non-hydrogen) atoms. The van der Waals surface area contributed by atoms with Crippen molar-refractivity contribution in [3.05, 3.63) is 77.6 Å². The van der Waals surface area contributed by atoms with E-state index in [-0.39, 0.29) is 22.7 Å². The quantitative estimate of drug-likeness (QED) is 0.360. The maximum absolute atomic E-state index is 13.7. The number of likely N-dealkylation sites (N-methyl/N-ethyl adjacent to an activating group) is 1. The monoisotopic (exact) mass is 548 g/mol. The predicted molar refractivity (Wildman–Crippen MR) is 152 cm³/mol. The van der Waals surface area contributed by atoms with Gasteiger partial charge in [-0.3, -0.25) is 4.79 Å². The first-order chi connectivity index (χ1) is 17.4. The molecule has 1 fully saturated rings.